The molecule has 0 bridgehead atoms. The Balaban J connectivity index is 1.40. The zero-order valence-electron chi connectivity index (χ0n) is 15.3. The second-order valence-electron chi connectivity index (χ2n) is 5.98. The molecule has 0 unspecified atom stereocenters. The highest BCUT2D eigenvalue weighted by molar-refractivity contribution is 5.78. The topological polar surface area (TPSA) is 94.0 Å². The number of anilines is 1. The van der Waals surface area contributed by atoms with Crippen molar-refractivity contribution in [3.63, 3.8) is 0 Å². The van der Waals surface area contributed by atoms with Crippen LogP contribution in [0.3, 0.4) is 0 Å². The number of nitrogens with zero attached hydrogens (tertiary/aromatic N) is 4. The molecule has 2 N–H and O–H groups in total. The summed E-state index contributed by atoms with van der Waals surface area (Å²) in [5.74, 6) is 2.09. The Morgan fingerprint density at radius 1 is 1.19 bits per heavy atom. The molecule has 0 aliphatic rings. The van der Waals surface area contributed by atoms with Gasteiger partial charge in [-0.1, -0.05) is 12.1 Å². The fourth-order valence-electron chi connectivity index (χ4n) is 2.64. The lowest BCUT2D eigenvalue weighted by Crippen LogP contribution is -2.30. The maximum absolute atomic E-state index is 12.1. The van der Waals surface area contributed by atoms with Gasteiger partial charge in [-0.05, 0) is 42.3 Å². The predicted molar refractivity (Wildman–Crippen MR) is 102 cm³/mol. The van der Waals surface area contributed by atoms with E-state index in [1.54, 1.807) is 24.2 Å². The number of carbonyl (C=O) groups is 1. The lowest BCUT2D eigenvalue weighted by atomic mass is 10.1. The zero-order chi connectivity index (χ0) is 19.1. The van der Waals surface area contributed by atoms with E-state index < -0.39 is 0 Å². The summed E-state index contributed by atoms with van der Waals surface area (Å²) in [6.07, 6.45) is 3.82. The van der Waals surface area contributed by atoms with E-state index in [9.17, 15) is 4.79 Å². The van der Waals surface area contributed by atoms with Crippen molar-refractivity contribution in [3.8, 4) is 11.6 Å². The van der Waals surface area contributed by atoms with Crippen LogP contribution in [0.4, 0.5) is 5.82 Å². The fourth-order valence-corrected chi connectivity index (χ4v) is 2.64. The summed E-state index contributed by atoms with van der Waals surface area (Å²) in [5, 5.41) is 18.3. The summed E-state index contributed by atoms with van der Waals surface area (Å²) in [5.41, 5.74) is 1.97. The predicted octanol–water partition coefficient (Wildman–Crippen LogP) is 1.75. The van der Waals surface area contributed by atoms with E-state index >= 15 is 0 Å². The minimum Gasteiger partial charge on any atom is -0.496 e. The first-order valence-corrected chi connectivity index (χ1v) is 8.63. The van der Waals surface area contributed by atoms with Gasteiger partial charge in [0.2, 0.25) is 5.91 Å². The molecule has 0 saturated heterocycles. The molecule has 0 saturated carbocycles. The highest BCUT2D eigenvalue weighted by Crippen LogP contribution is 2.18. The highest BCUT2D eigenvalue weighted by Gasteiger charge is 2.06. The molecule has 0 aliphatic heterocycles. The van der Waals surface area contributed by atoms with Crippen LogP contribution in [0.2, 0.25) is 0 Å². The molecule has 2 heterocycles. The number of nitrogens with one attached hydrogen (secondary N) is 2. The molecule has 2 aromatic heterocycles. The van der Waals surface area contributed by atoms with E-state index in [0.717, 1.165) is 16.9 Å². The van der Waals surface area contributed by atoms with E-state index in [1.807, 2.05) is 43.3 Å². The Labute approximate surface area is 157 Å². The number of ether oxygens (including phenoxy) is 1. The van der Waals surface area contributed by atoms with Gasteiger partial charge in [0.1, 0.15) is 11.6 Å². The van der Waals surface area contributed by atoms with Crippen LogP contribution in [0.15, 0.2) is 48.8 Å². The Kier molecular flexibility index (Phi) is 5.98. The van der Waals surface area contributed by atoms with Crippen molar-refractivity contribution < 1.29 is 9.53 Å². The number of hydrogen-bond donors (Lipinski definition) is 2. The van der Waals surface area contributed by atoms with Crippen molar-refractivity contribution in [2.24, 2.45) is 0 Å². The van der Waals surface area contributed by atoms with E-state index in [-0.39, 0.29) is 5.91 Å². The molecule has 27 heavy (non-hydrogen) atoms. The number of hydrogen-bond acceptors (Lipinski definition) is 6. The molecule has 0 fully saturated rings. The van der Waals surface area contributed by atoms with Gasteiger partial charge in [0.05, 0.1) is 13.5 Å². The van der Waals surface area contributed by atoms with Crippen molar-refractivity contribution in [2.75, 3.05) is 25.5 Å². The van der Waals surface area contributed by atoms with E-state index in [0.29, 0.717) is 31.1 Å². The molecule has 1 amide bonds. The van der Waals surface area contributed by atoms with Gasteiger partial charge in [-0.3, -0.25) is 4.79 Å². The molecule has 8 heteroatoms. The summed E-state index contributed by atoms with van der Waals surface area (Å²) in [4.78, 5) is 12.1. The van der Waals surface area contributed by atoms with Gasteiger partial charge in [0, 0.05) is 25.5 Å². The Morgan fingerprint density at radius 2 is 2.07 bits per heavy atom. The molecule has 140 valence electrons. The number of aromatic nitrogens is 4. The zero-order valence-corrected chi connectivity index (χ0v) is 15.3. The molecule has 0 spiro atoms. The number of benzene rings is 1. The minimum absolute atomic E-state index is 0.0264. The maximum Gasteiger partial charge on any atom is 0.224 e. The Bertz CT molecular complexity index is 878. The summed E-state index contributed by atoms with van der Waals surface area (Å²) in [6, 6.07) is 11.2. The van der Waals surface area contributed by atoms with Crippen molar-refractivity contribution in [2.45, 2.75) is 13.3 Å². The van der Waals surface area contributed by atoms with Gasteiger partial charge in [0.25, 0.3) is 0 Å². The number of rotatable bonds is 8. The SMILES string of the molecule is COc1ccc(CC(=O)NCCNc2ccc(-n3cccn3)nn2)cc1C. The van der Waals surface area contributed by atoms with Crippen LogP contribution in [0.25, 0.3) is 5.82 Å². The summed E-state index contributed by atoms with van der Waals surface area (Å²) >= 11 is 0. The number of carbonyl (C=O) groups excluding carboxylic acids is 1. The van der Waals surface area contributed by atoms with Gasteiger partial charge in [-0.15, -0.1) is 10.2 Å². The maximum atomic E-state index is 12.1. The summed E-state index contributed by atoms with van der Waals surface area (Å²) < 4.78 is 6.87. The van der Waals surface area contributed by atoms with Crippen molar-refractivity contribution in [3.05, 3.63) is 59.9 Å². The molecular weight excluding hydrogens is 344 g/mol. The first kappa shape index (κ1) is 18.4. The smallest absolute Gasteiger partial charge is 0.224 e. The molecular formula is C19H22N6O2. The van der Waals surface area contributed by atoms with Crippen LogP contribution in [0.5, 0.6) is 5.75 Å². The lowest BCUT2D eigenvalue weighted by molar-refractivity contribution is -0.120. The number of aryl methyl sites for hydroxylation is 1. The fraction of sp³-hybridized carbons (Fsp3) is 0.263. The van der Waals surface area contributed by atoms with Crippen molar-refractivity contribution in [1.82, 2.24) is 25.3 Å². The van der Waals surface area contributed by atoms with Crippen LogP contribution in [0.1, 0.15) is 11.1 Å². The molecule has 3 rings (SSSR count). The molecule has 0 atom stereocenters. The van der Waals surface area contributed by atoms with Gasteiger partial charge in [0.15, 0.2) is 5.82 Å². The monoisotopic (exact) mass is 366 g/mol. The van der Waals surface area contributed by atoms with Crippen LogP contribution < -0.4 is 15.4 Å². The molecule has 0 aliphatic carbocycles. The molecule has 0 radical (unpaired) electrons. The normalized spacial score (nSPS) is 10.4. The van der Waals surface area contributed by atoms with Crippen LogP contribution in [-0.2, 0) is 11.2 Å². The lowest BCUT2D eigenvalue weighted by Gasteiger charge is -2.09. The Morgan fingerprint density at radius 3 is 2.74 bits per heavy atom. The summed E-state index contributed by atoms with van der Waals surface area (Å²) in [7, 11) is 1.64. The molecule has 1 aromatic carbocycles. The third-order valence-corrected chi connectivity index (χ3v) is 3.97. The largest absolute Gasteiger partial charge is 0.496 e. The highest BCUT2D eigenvalue weighted by atomic mass is 16.5. The number of methoxy groups -OCH3 is 1. The van der Waals surface area contributed by atoms with Crippen molar-refractivity contribution >= 4 is 11.7 Å². The standard InChI is InChI=1S/C19H22N6O2/c1-14-12-15(4-5-16(14)27-2)13-19(26)21-10-9-20-17-6-7-18(24-23-17)25-11-3-8-22-25/h3-8,11-12H,9-10,13H2,1-2H3,(H,20,23)(H,21,26). The van der Waals surface area contributed by atoms with E-state index in [4.69, 9.17) is 4.74 Å². The van der Waals surface area contributed by atoms with Gasteiger partial charge >= 0.3 is 0 Å². The van der Waals surface area contributed by atoms with E-state index in [2.05, 4.69) is 25.9 Å². The molecule has 8 nitrogen and oxygen atoms in total. The van der Waals surface area contributed by atoms with Crippen LogP contribution >= 0.6 is 0 Å². The third kappa shape index (κ3) is 5.04. The minimum atomic E-state index is -0.0264. The van der Waals surface area contributed by atoms with Crippen LogP contribution in [-0.4, -0.2) is 46.1 Å². The number of amides is 1. The first-order chi connectivity index (χ1) is 13.2. The van der Waals surface area contributed by atoms with Gasteiger partial charge < -0.3 is 15.4 Å². The quantitative estimate of drug-likeness (QED) is 0.590. The second kappa shape index (κ2) is 8.79. The molecule has 3 aromatic rings. The average molecular weight is 366 g/mol. The van der Waals surface area contributed by atoms with E-state index in [1.165, 1.54) is 0 Å². The van der Waals surface area contributed by atoms with Crippen molar-refractivity contribution in [1.29, 1.82) is 0 Å². The average Bonchev–Trinajstić information content (AvgIpc) is 3.21. The first-order valence-electron chi connectivity index (χ1n) is 8.63. The third-order valence-electron chi connectivity index (χ3n) is 3.97. The van der Waals surface area contributed by atoms with Gasteiger partial charge in [-0.25, -0.2) is 4.68 Å². The Hall–Kier alpha value is -3.42. The summed E-state index contributed by atoms with van der Waals surface area (Å²) in [6.45, 7) is 3.02. The van der Waals surface area contributed by atoms with Crippen LogP contribution in [0, 0.1) is 6.92 Å². The van der Waals surface area contributed by atoms with Gasteiger partial charge in [-0.2, -0.15) is 5.10 Å². The second-order valence-corrected chi connectivity index (χ2v) is 5.98.